The van der Waals surface area contributed by atoms with E-state index in [9.17, 15) is 0 Å². The Morgan fingerprint density at radius 2 is 2.27 bits per heavy atom. The van der Waals surface area contributed by atoms with Crippen LogP contribution in [0.25, 0.3) is 0 Å². The largest absolute Gasteiger partial charge is 0.383 e. The van der Waals surface area contributed by atoms with Gasteiger partial charge in [0.1, 0.15) is 0 Å². The zero-order valence-corrected chi connectivity index (χ0v) is 11.2. The molecule has 1 saturated heterocycles. The highest BCUT2D eigenvalue weighted by atomic mass is 79.9. The van der Waals surface area contributed by atoms with Crippen LogP contribution >= 0.6 is 15.9 Å². The molecule has 3 nitrogen and oxygen atoms in total. The number of hydrogen-bond donors (Lipinski definition) is 0. The first kappa shape index (κ1) is 13.4. The van der Waals surface area contributed by atoms with Gasteiger partial charge in [-0.1, -0.05) is 15.9 Å². The second kappa shape index (κ2) is 8.50. The summed E-state index contributed by atoms with van der Waals surface area (Å²) in [5.41, 5.74) is 0. The van der Waals surface area contributed by atoms with Crippen molar-refractivity contribution in [3.05, 3.63) is 0 Å². The zero-order chi connectivity index (χ0) is 10.9. The molecule has 1 fully saturated rings. The SMILES string of the molecule is COCCN(CCBr)CC1CCCCO1. The Kier molecular flexibility index (Phi) is 7.61. The first-order chi connectivity index (χ1) is 7.36. The topological polar surface area (TPSA) is 21.7 Å². The third kappa shape index (κ3) is 5.85. The number of halogens is 1. The van der Waals surface area contributed by atoms with E-state index < -0.39 is 0 Å². The van der Waals surface area contributed by atoms with E-state index in [1.165, 1.54) is 19.3 Å². The Labute approximate surface area is 101 Å². The lowest BCUT2D eigenvalue weighted by Gasteiger charge is -2.29. The number of methoxy groups -OCH3 is 1. The van der Waals surface area contributed by atoms with E-state index in [0.29, 0.717) is 6.10 Å². The van der Waals surface area contributed by atoms with Gasteiger partial charge in [0, 0.05) is 38.7 Å². The Balaban J connectivity index is 2.21. The maximum absolute atomic E-state index is 5.74. The lowest BCUT2D eigenvalue weighted by atomic mass is 10.1. The Morgan fingerprint density at radius 1 is 1.40 bits per heavy atom. The molecule has 0 bridgehead atoms. The molecule has 0 radical (unpaired) electrons. The Morgan fingerprint density at radius 3 is 2.87 bits per heavy atom. The van der Waals surface area contributed by atoms with Crippen molar-refractivity contribution in [1.82, 2.24) is 4.90 Å². The molecule has 1 unspecified atom stereocenters. The molecule has 15 heavy (non-hydrogen) atoms. The van der Waals surface area contributed by atoms with Crippen molar-refractivity contribution in [2.24, 2.45) is 0 Å². The van der Waals surface area contributed by atoms with Gasteiger partial charge >= 0.3 is 0 Å². The second-order valence-electron chi connectivity index (χ2n) is 3.97. The minimum absolute atomic E-state index is 0.439. The van der Waals surface area contributed by atoms with Crippen molar-refractivity contribution in [3.63, 3.8) is 0 Å². The smallest absolute Gasteiger partial charge is 0.0702 e. The van der Waals surface area contributed by atoms with Crippen molar-refractivity contribution < 1.29 is 9.47 Å². The van der Waals surface area contributed by atoms with Crippen LogP contribution in [-0.2, 0) is 9.47 Å². The summed E-state index contributed by atoms with van der Waals surface area (Å²) in [7, 11) is 1.75. The van der Waals surface area contributed by atoms with Crippen LogP contribution in [0.15, 0.2) is 0 Å². The highest BCUT2D eigenvalue weighted by molar-refractivity contribution is 9.09. The molecule has 1 aliphatic heterocycles. The van der Waals surface area contributed by atoms with E-state index >= 15 is 0 Å². The van der Waals surface area contributed by atoms with Gasteiger partial charge in [-0.2, -0.15) is 0 Å². The van der Waals surface area contributed by atoms with Crippen LogP contribution in [0.5, 0.6) is 0 Å². The molecular weight excluding hydrogens is 258 g/mol. The predicted molar refractivity (Wildman–Crippen MR) is 65.7 cm³/mol. The van der Waals surface area contributed by atoms with E-state index in [0.717, 1.165) is 38.2 Å². The fraction of sp³-hybridized carbons (Fsp3) is 1.00. The number of ether oxygens (including phenoxy) is 2. The molecule has 0 spiro atoms. The van der Waals surface area contributed by atoms with Crippen molar-refractivity contribution in [1.29, 1.82) is 0 Å². The molecular formula is C11H22BrNO2. The van der Waals surface area contributed by atoms with Gasteiger partial charge in [-0.15, -0.1) is 0 Å². The van der Waals surface area contributed by atoms with Gasteiger partial charge < -0.3 is 9.47 Å². The van der Waals surface area contributed by atoms with E-state index in [4.69, 9.17) is 9.47 Å². The highest BCUT2D eigenvalue weighted by Crippen LogP contribution is 2.13. The first-order valence-corrected chi connectivity index (χ1v) is 6.88. The maximum atomic E-state index is 5.74. The van der Waals surface area contributed by atoms with Crippen LogP contribution in [0.2, 0.25) is 0 Å². The molecule has 0 aromatic rings. The summed E-state index contributed by atoms with van der Waals surface area (Å²) in [4.78, 5) is 2.41. The average Bonchev–Trinajstić information content (AvgIpc) is 2.28. The summed E-state index contributed by atoms with van der Waals surface area (Å²) < 4.78 is 10.8. The Hall–Kier alpha value is 0.360. The predicted octanol–water partition coefficient (Wildman–Crippen LogP) is 1.90. The third-order valence-electron chi connectivity index (χ3n) is 2.75. The van der Waals surface area contributed by atoms with E-state index in [-0.39, 0.29) is 0 Å². The van der Waals surface area contributed by atoms with Crippen LogP contribution in [-0.4, -0.2) is 56.3 Å². The molecule has 0 aliphatic carbocycles. The number of alkyl halides is 1. The molecule has 1 atom stereocenters. The molecule has 90 valence electrons. The van der Waals surface area contributed by atoms with Crippen LogP contribution in [0.3, 0.4) is 0 Å². The molecule has 0 aromatic heterocycles. The Bertz CT molecular complexity index is 152. The molecule has 0 amide bonds. The van der Waals surface area contributed by atoms with Crippen molar-refractivity contribution in [2.75, 3.05) is 45.3 Å². The van der Waals surface area contributed by atoms with Gasteiger partial charge in [-0.05, 0) is 19.3 Å². The lowest BCUT2D eigenvalue weighted by molar-refractivity contribution is -0.00789. The highest BCUT2D eigenvalue weighted by Gasteiger charge is 2.17. The van der Waals surface area contributed by atoms with E-state index in [1.807, 2.05) is 0 Å². The molecule has 1 aliphatic rings. The summed E-state index contributed by atoms with van der Waals surface area (Å²) in [5, 5.41) is 1.02. The summed E-state index contributed by atoms with van der Waals surface area (Å²) in [5.74, 6) is 0. The van der Waals surface area contributed by atoms with Crippen LogP contribution in [0.1, 0.15) is 19.3 Å². The monoisotopic (exact) mass is 279 g/mol. The second-order valence-corrected chi connectivity index (χ2v) is 4.76. The molecule has 0 saturated carbocycles. The quantitative estimate of drug-likeness (QED) is 0.665. The molecule has 0 aromatic carbocycles. The molecule has 0 N–H and O–H groups in total. The van der Waals surface area contributed by atoms with Crippen molar-refractivity contribution in [3.8, 4) is 0 Å². The van der Waals surface area contributed by atoms with Crippen molar-refractivity contribution in [2.45, 2.75) is 25.4 Å². The van der Waals surface area contributed by atoms with Gasteiger partial charge in [0.15, 0.2) is 0 Å². The lowest BCUT2D eigenvalue weighted by Crippen LogP contribution is -2.38. The minimum atomic E-state index is 0.439. The van der Waals surface area contributed by atoms with Crippen molar-refractivity contribution >= 4 is 15.9 Å². The summed E-state index contributed by atoms with van der Waals surface area (Å²) in [6.07, 6.45) is 4.20. The maximum Gasteiger partial charge on any atom is 0.0702 e. The first-order valence-electron chi connectivity index (χ1n) is 5.75. The zero-order valence-electron chi connectivity index (χ0n) is 9.58. The molecule has 1 rings (SSSR count). The summed E-state index contributed by atoms with van der Waals surface area (Å²) in [6, 6.07) is 0. The van der Waals surface area contributed by atoms with Crippen LogP contribution in [0.4, 0.5) is 0 Å². The van der Waals surface area contributed by atoms with Gasteiger partial charge in [-0.3, -0.25) is 4.90 Å². The summed E-state index contributed by atoms with van der Waals surface area (Å²) >= 11 is 3.48. The number of rotatable bonds is 7. The fourth-order valence-electron chi connectivity index (χ4n) is 1.87. The molecule has 4 heteroatoms. The normalized spacial score (nSPS) is 22.2. The summed E-state index contributed by atoms with van der Waals surface area (Å²) in [6.45, 7) is 4.87. The fourth-order valence-corrected chi connectivity index (χ4v) is 2.38. The third-order valence-corrected chi connectivity index (χ3v) is 3.10. The standard InChI is InChI=1S/C11H22BrNO2/c1-14-9-7-13(6-5-12)10-11-4-2-3-8-15-11/h11H,2-10H2,1H3. The number of hydrogen-bond acceptors (Lipinski definition) is 3. The number of nitrogens with zero attached hydrogens (tertiary/aromatic N) is 1. The van der Waals surface area contributed by atoms with Gasteiger partial charge in [0.2, 0.25) is 0 Å². The van der Waals surface area contributed by atoms with Crippen LogP contribution in [0, 0.1) is 0 Å². The van der Waals surface area contributed by atoms with Gasteiger partial charge in [0.05, 0.1) is 12.7 Å². The molecule has 1 heterocycles. The van der Waals surface area contributed by atoms with Gasteiger partial charge in [-0.25, -0.2) is 0 Å². The van der Waals surface area contributed by atoms with Crippen LogP contribution < -0.4 is 0 Å². The van der Waals surface area contributed by atoms with E-state index in [1.54, 1.807) is 7.11 Å². The van der Waals surface area contributed by atoms with E-state index in [2.05, 4.69) is 20.8 Å². The average molecular weight is 280 g/mol. The van der Waals surface area contributed by atoms with Gasteiger partial charge in [0.25, 0.3) is 0 Å². The minimum Gasteiger partial charge on any atom is -0.383 e.